The van der Waals surface area contributed by atoms with Gasteiger partial charge in [-0.15, -0.1) is 0 Å². The fourth-order valence-electron chi connectivity index (χ4n) is 2.21. The second kappa shape index (κ2) is 9.06. The van der Waals surface area contributed by atoms with E-state index in [1.807, 2.05) is 6.07 Å². The molecule has 0 saturated heterocycles. The Morgan fingerprint density at radius 3 is 2.52 bits per heavy atom. The molecule has 0 bridgehead atoms. The number of phenols is 1. The summed E-state index contributed by atoms with van der Waals surface area (Å²) in [4.78, 5) is 23.7. The smallest absolute Gasteiger partial charge is 0.337 e. The number of esters is 1. The van der Waals surface area contributed by atoms with E-state index >= 15 is 0 Å². The molecule has 138 valence electrons. The number of nitrogens with one attached hydrogen (secondary N) is 1. The summed E-state index contributed by atoms with van der Waals surface area (Å²) >= 11 is 0. The average Bonchev–Trinajstić information content (AvgIpc) is 2.68. The highest BCUT2D eigenvalue weighted by molar-refractivity contribution is 6.09. The average molecular weight is 366 g/mol. The molecular weight excluding hydrogens is 348 g/mol. The number of benzene rings is 2. The lowest BCUT2D eigenvalue weighted by molar-refractivity contribution is -0.112. The van der Waals surface area contributed by atoms with E-state index in [0.717, 1.165) is 0 Å². The van der Waals surface area contributed by atoms with Crippen LogP contribution in [0.4, 0.5) is 5.69 Å². The molecule has 0 heterocycles. The van der Waals surface area contributed by atoms with Crippen molar-refractivity contribution in [3.05, 3.63) is 59.2 Å². The van der Waals surface area contributed by atoms with Gasteiger partial charge in [0.25, 0.3) is 5.91 Å². The maximum absolute atomic E-state index is 12.3. The van der Waals surface area contributed by atoms with E-state index < -0.39 is 11.9 Å². The molecule has 0 fully saturated rings. The minimum Gasteiger partial charge on any atom is -0.504 e. The maximum Gasteiger partial charge on any atom is 0.337 e. The number of rotatable bonds is 6. The molecule has 0 unspecified atom stereocenters. The molecule has 2 N–H and O–H groups in total. The van der Waals surface area contributed by atoms with Crippen LogP contribution in [0.2, 0.25) is 0 Å². The first-order valence-corrected chi connectivity index (χ1v) is 8.05. The van der Waals surface area contributed by atoms with Gasteiger partial charge in [0.2, 0.25) is 0 Å². The van der Waals surface area contributed by atoms with Crippen LogP contribution in [0.3, 0.4) is 0 Å². The molecule has 0 atom stereocenters. The number of nitriles is 1. The Bertz CT molecular complexity index is 911. The lowest BCUT2D eigenvalue weighted by Gasteiger charge is -2.07. The summed E-state index contributed by atoms with van der Waals surface area (Å²) in [6, 6.07) is 12.5. The van der Waals surface area contributed by atoms with Crippen molar-refractivity contribution in [1.82, 2.24) is 0 Å². The van der Waals surface area contributed by atoms with Crippen LogP contribution in [0.5, 0.6) is 11.5 Å². The van der Waals surface area contributed by atoms with Crippen LogP contribution < -0.4 is 10.1 Å². The second-order valence-electron chi connectivity index (χ2n) is 5.35. The minimum absolute atomic E-state index is 0.0253. The maximum atomic E-state index is 12.3. The van der Waals surface area contributed by atoms with Gasteiger partial charge in [-0.25, -0.2) is 4.79 Å². The molecule has 7 nitrogen and oxygen atoms in total. The van der Waals surface area contributed by atoms with Gasteiger partial charge in [0.1, 0.15) is 11.6 Å². The fourth-order valence-corrected chi connectivity index (χ4v) is 2.21. The molecule has 0 saturated carbocycles. The van der Waals surface area contributed by atoms with Crippen molar-refractivity contribution in [2.45, 2.75) is 6.92 Å². The molecule has 27 heavy (non-hydrogen) atoms. The molecule has 0 aliphatic rings. The molecule has 2 aromatic rings. The summed E-state index contributed by atoms with van der Waals surface area (Å²) in [5, 5.41) is 21.6. The fraction of sp³-hybridized carbons (Fsp3) is 0.150. The first-order chi connectivity index (χ1) is 13.0. The third-order valence-electron chi connectivity index (χ3n) is 3.52. The van der Waals surface area contributed by atoms with Crippen LogP contribution in [0.25, 0.3) is 6.08 Å². The molecule has 0 aromatic heterocycles. The first kappa shape index (κ1) is 19.5. The quantitative estimate of drug-likeness (QED) is 0.462. The molecule has 2 rings (SSSR count). The number of hydrogen-bond acceptors (Lipinski definition) is 6. The number of aromatic hydroxyl groups is 1. The summed E-state index contributed by atoms with van der Waals surface area (Å²) < 4.78 is 9.90. The van der Waals surface area contributed by atoms with E-state index in [9.17, 15) is 20.0 Å². The zero-order valence-electron chi connectivity index (χ0n) is 14.9. The summed E-state index contributed by atoms with van der Waals surface area (Å²) in [5.41, 5.74) is 1.18. The van der Waals surface area contributed by atoms with E-state index in [1.54, 1.807) is 13.0 Å². The van der Waals surface area contributed by atoms with E-state index in [-0.39, 0.29) is 17.1 Å². The van der Waals surface area contributed by atoms with Gasteiger partial charge < -0.3 is 19.9 Å². The van der Waals surface area contributed by atoms with Gasteiger partial charge in [-0.2, -0.15) is 5.26 Å². The SMILES string of the molecule is CCOc1cc(/C=C(\C#N)C(=O)Nc2ccc(C(=O)OC)cc2)ccc1O. The number of methoxy groups -OCH3 is 1. The predicted molar refractivity (Wildman–Crippen MR) is 99.3 cm³/mol. The van der Waals surface area contributed by atoms with Crippen LogP contribution in [0.15, 0.2) is 48.0 Å². The van der Waals surface area contributed by atoms with Gasteiger partial charge in [-0.1, -0.05) is 6.07 Å². The van der Waals surface area contributed by atoms with Crippen LogP contribution in [-0.4, -0.2) is 30.7 Å². The third-order valence-corrected chi connectivity index (χ3v) is 3.52. The van der Waals surface area contributed by atoms with Crippen molar-refractivity contribution in [3.8, 4) is 17.6 Å². The number of carbonyl (C=O) groups is 2. The summed E-state index contributed by atoms with van der Waals surface area (Å²) in [7, 11) is 1.28. The summed E-state index contributed by atoms with van der Waals surface area (Å²) in [5.74, 6) is -0.845. The molecule has 7 heteroatoms. The van der Waals surface area contributed by atoms with Gasteiger partial charge in [-0.05, 0) is 55.0 Å². The Labute approximate surface area is 156 Å². The van der Waals surface area contributed by atoms with E-state index in [2.05, 4.69) is 10.1 Å². The van der Waals surface area contributed by atoms with Gasteiger partial charge in [0, 0.05) is 5.69 Å². The normalized spacial score (nSPS) is 10.6. The van der Waals surface area contributed by atoms with Gasteiger partial charge in [0.15, 0.2) is 11.5 Å². The Balaban J connectivity index is 2.18. The van der Waals surface area contributed by atoms with Crippen molar-refractivity contribution in [1.29, 1.82) is 5.26 Å². The number of nitrogens with zero attached hydrogens (tertiary/aromatic N) is 1. The Hall–Kier alpha value is -3.79. The molecule has 2 aromatic carbocycles. The largest absolute Gasteiger partial charge is 0.504 e. The molecule has 0 aliphatic carbocycles. The van der Waals surface area contributed by atoms with Crippen molar-refractivity contribution in [3.63, 3.8) is 0 Å². The Morgan fingerprint density at radius 2 is 1.93 bits per heavy atom. The number of phenolic OH excluding ortho intramolecular Hbond substituents is 1. The van der Waals surface area contributed by atoms with Gasteiger partial charge in [0.05, 0.1) is 19.3 Å². The molecule has 1 amide bonds. The monoisotopic (exact) mass is 366 g/mol. The van der Waals surface area contributed by atoms with Crippen molar-refractivity contribution in [2.24, 2.45) is 0 Å². The zero-order valence-corrected chi connectivity index (χ0v) is 14.9. The van der Waals surface area contributed by atoms with E-state index in [0.29, 0.717) is 23.4 Å². The highest BCUT2D eigenvalue weighted by Gasteiger charge is 2.12. The number of amides is 1. The number of ether oxygens (including phenoxy) is 2. The Morgan fingerprint density at radius 1 is 1.22 bits per heavy atom. The van der Waals surface area contributed by atoms with Crippen LogP contribution >= 0.6 is 0 Å². The van der Waals surface area contributed by atoms with E-state index in [1.165, 1.54) is 49.6 Å². The topological polar surface area (TPSA) is 109 Å². The van der Waals surface area contributed by atoms with Crippen molar-refractivity contribution < 1.29 is 24.2 Å². The minimum atomic E-state index is -0.602. The lowest BCUT2D eigenvalue weighted by atomic mass is 10.1. The van der Waals surface area contributed by atoms with Crippen molar-refractivity contribution >= 4 is 23.6 Å². The number of carbonyl (C=O) groups excluding carboxylic acids is 2. The van der Waals surface area contributed by atoms with Crippen LogP contribution in [-0.2, 0) is 9.53 Å². The zero-order chi connectivity index (χ0) is 19.8. The molecular formula is C20H18N2O5. The van der Waals surface area contributed by atoms with Crippen LogP contribution in [0.1, 0.15) is 22.8 Å². The molecule has 0 spiro atoms. The second-order valence-corrected chi connectivity index (χ2v) is 5.35. The first-order valence-electron chi connectivity index (χ1n) is 8.05. The van der Waals surface area contributed by atoms with Crippen molar-refractivity contribution in [2.75, 3.05) is 19.0 Å². The lowest BCUT2D eigenvalue weighted by Crippen LogP contribution is -2.13. The molecule has 0 radical (unpaired) electrons. The third kappa shape index (κ3) is 5.09. The van der Waals surface area contributed by atoms with Gasteiger partial charge >= 0.3 is 5.97 Å². The summed E-state index contributed by atoms with van der Waals surface area (Å²) in [6.07, 6.45) is 1.39. The highest BCUT2D eigenvalue weighted by atomic mass is 16.5. The Kier molecular flexibility index (Phi) is 6.55. The van der Waals surface area contributed by atoms with E-state index in [4.69, 9.17) is 4.74 Å². The van der Waals surface area contributed by atoms with Gasteiger partial charge in [-0.3, -0.25) is 4.79 Å². The number of anilines is 1. The predicted octanol–water partition coefficient (Wildman–Crippen LogP) is 3.12. The standard InChI is InChI=1S/C20H18N2O5/c1-3-27-18-11-13(4-9-17(18)23)10-15(12-21)19(24)22-16-7-5-14(6-8-16)20(25)26-2/h4-11,23H,3H2,1-2H3,(H,22,24)/b15-10+. The number of hydrogen-bond donors (Lipinski definition) is 2. The molecule has 0 aliphatic heterocycles. The highest BCUT2D eigenvalue weighted by Crippen LogP contribution is 2.27. The summed E-state index contributed by atoms with van der Waals surface area (Å²) in [6.45, 7) is 2.15. The van der Waals surface area contributed by atoms with Crippen LogP contribution in [0, 0.1) is 11.3 Å².